The van der Waals surface area contributed by atoms with Crippen LogP contribution < -0.4 is 5.32 Å². The molecule has 0 unspecified atom stereocenters. The molecule has 0 aliphatic carbocycles. The van der Waals surface area contributed by atoms with Crippen molar-refractivity contribution in [3.8, 4) is 0 Å². The van der Waals surface area contributed by atoms with E-state index in [1.54, 1.807) is 4.68 Å². The Balaban J connectivity index is 1.99. The molecule has 1 amide bonds. The maximum Gasteiger partial charge on any atom is 0.224 e. The van der Waals surface area contributed by atoms with Crippen molar-refractivity contribution in [2.24, 2.45) is 7.05 Å². The highest BCUT2D eigenvalue weighted by Crippen LogP contribution is 2.16. The molecular weight excluding hydrogens is 276 g/mol. The molecule has 4 nitrogen and oxygen atoms in total. The van der Waals surface area contributed by atoms with Gasteiger partial charge in [0.2, 0.25) is 5.91 Å². The van der Waals surface area contributed by atoms with Crippen LogP contribution in [0.5, 0.6) is 0 Å². The number of rotatable bonds is 4. The summed E-state index contributed by atoms with van der Waals surface area (Å²) in [6.07, 6.45) is 0.765. The van der Waals surface area contributed by atoms with Crippen molar-refractivity contribution in [2.75, 3.05) is 5.32 Å². The fourth-order valence-electron chi connectivity index (χ4n) is 2.27. The van der Waals surface area contributed by atoms with Gasteiger partial charge in [-0.25, -0.2) is 8.78 Å². The molecule has 2 aromatic rings. The average Bonchev–Trinajstić information content (AvgIpc) is 2.60. The Labute approximate surface area is 121 Å². The van der Waals surface area contributed by atoms with Crippen LogP contribution in [-0.2, 0) is 18.3 Å². The zero-order chi connectivity index (χ0) is 15.6. The highest BCUT2D eigenvalue weighted by molar-refractivity contribution is 5.90. The Hall–Kier alpha value is -2.24. The third-order valence-corrected chi connectivity index (χ3v) is 3.41. The second-order valence-electron chi connectivity index (χ2n) is 4.98. The number of benzene rings is 1. The summed E-state index contributed by atoms with van der Waals surface area (Å²) < 4.78 is 27.8. The van der Waals surface area contributed by atoms with Crippen LogP contribution in [0.4, 0.5) is 14.5 Å². The Morgan fingerprint density at radius 3 is 2.38 bits per heavy atom. The summed E-state index contributed by atoms with van der Waals surface area (Å²) >= 11 is 0. The lowest BCUT2D eigenvalue weighted by molar-refractivity contribution is -0.116. The third-order valence-electron chi connectivity index (χ3n) is 3.41. The number of carbonyl (C=O) groups is 1. The van der Waals surface area contributed by atoms with Crippen LogP contribution >= 0.6 is 0 Å². The van der Waals surface area contributed by atoms with Crippen molar-refractivity contribution in [1.29, 1.82) is 0 Å². The topological polar surface area (TPSA) is 46.9 Å². The number of hydrogen-bond acceptors (Lipinski definition) is 2. The minimum absolute atomic E-state index is 0.122. The maximum absolute atomic E-state index is 13.0. The molecule has 0 aliphatic heterocycles. The zero-order valence-corrected chi connectivity index (χ0v) is 12.2. The predicted octanol–water partition coefficient (Wildman–Crippen LogP) is 2.89. The summed E-state index contributed by atoms with van der Waals surface area (Å²) in [6.45, 7) is 3.83. The molecule has 0 fully saturated rings. The molecule has 1 aromatic carbocycles. The van der Waals surface area contributed by atoms with Gasteiger partial charge in [-0.3, -0.25) is 9.48 Å². The molecule has 0 bridgehead atoms. The molecule has 0 aliphatic rings. The second-order valence-corrected chi connectivity index (χ2v) is 4.98. The standard InChI is InChI=1S/C15H17F2N3O/c1-9-14(10(2)20(3)19-9)4-5-15(21)18-13-7-11(16)6-12(17)8-13/h6-8H,4-5H2,1-3H3,(H,18,21). The Morgan fingerprint density at radius 1 is 1.24 bits per heavy atom. The summed E-state index contributed by atoms with van der Waals surface area (Å²) in [7, 11) is 1.85. The minimum Gasteiger partial charge on any atom is -0.326 e. The zero-order valence-electron chi connectivity index (χ0n) is 12.2. The first kappa shape index (κ1) is 15.2. The van der Waals surface area contributed by atoms with Gasteiger partial charge in [0.25, 0.3) is 0 Å². The van der Waals surface area contributed by atoms with Crippen LogP contribution in [0.3, 0.4) is 0 Å². The second kappa shape index (κ2) is 6.03. The van der Waals surface area contributed by atoms with Crippen molar-refractivity contribution in [3.05, 3.63) is 46.8 Å². The number of carbonyl (C=O) groups excluding carboxylic acids is 1. The summed E-state index contributed by atoms with van der Waals surface area (Å²) in [5.74, 6) is -1.73. The molecule has 1 N–H and O–H groups in total. The van der Waals surface area contributed by atoms with Crippen molar-refractivity contribution >= 4 is 11.6 Å². The SMILES string of the molecule is Cc1nn(C)c(C)c1CCC(=O)Nc1cc(F)cc(F)c1. The molecule has 0 saturated carbocycles. The lowest BCUT2D eigenvalue weighted by Crippen LogP contribution is -2.13. The number of nitrogens with zero attached hydrogens (tertiary/aromatic N) is 2. The van der Waals surface area contributed by atoms with Gasteiger partial charge >= 0.3 is 0 Å². The molecule has 21 heavy (non-hydrogen) atoms. The van der Waals surface area contributed by atoms with Gasteiger partial charge in [0.1, 0.15) is 11.6 Å². The maximum atomic E-state index is 13.0. The molecule has 0 spiro atoms. The number of nitrogens with one attached hydrogen (secondary N) is 1. The van der Waals surface area contributed by atoms with Crippen molar-refractivity contribution in [2.45, 2.75) is 26.7 Å². The highest BCUT2D eigenvalue weighted by Gasteiger charge is 2.12. The molecular formula is C15H17F2N3O. The Kier molecular flexibility index (Phi) is 4.35. The summed E-state index contributed by atoms with van der Waals surface area (Å²) in [4.78, 5) is 11.9. The van der Waals surface area contributed by atoms with E-state index in [0.29, 0.717) is 6.42 Å². The number of anilines is 1. The highest BCUT2D eigenvalue weighted by atomic mass is 19.1. The molecule has 6 heteroatoms. The quantitative estimate of drug-likeness (QED) is 0.942. The fourth-order valence-corrected chi connectivity index (χ4v) is 2.27. The van der Waals surface area contributed by atoms with Gasteiger partial charge < -0.3 is 5.32 Å². The van der Waals surface area contributed by atoms with Crippen LogP contribution in [0.1, 0.15) is 23.4 Å². The van der Waals surface area contributed by atoms with Gasteiger partial charge in [0, 0.05) is 30.9 Å². The van der Waals surface area contributed by atoms with Crippen molar-refractivity contribution in [1.82, 2.24) is 9.78 Å². The minimum atomic E-state index is -0.718. The van der Waals surface area contributed by atoms with Gasteiger partial charge in [-0.15, -0.1) is 0 Å². The third kappa shape index (κ3) is 3.65. The van der Waals surface area contributed by atoms with E-state index < -0.39 is 11.6 Å². The van der Waals surface area contributed by atoms with E-state index in [-0.39, 0.29) is 18.0 Å². The van der Waals surface area contributed by atoms with Crippen molar-refractivity contribution < 1.29 is 13.6 Å². The monoisotopic (exact) mass is 293 g/mol. The number of aromatic nitrogens is 2. The fraction of sp³-hybridized carbons (Fsp3) is 0.333. The molecule has 1 aromatic heterocycles. The first-order chi connectivity index (χ1) is 9.86. The predicted molar refractivity (Wildman–Crippen MR) is 76.0 cm³/mol. The van der Waals surface area contributed by atoms with E-state index in [1.165, 1.54) is 0 Å². The van der Waals surface area contributed by atoms with Crippen LogP contribution in [0.2, 0.25) is 0 Å². The average molecular weight is 293 g/mol. The number of halogens is 2. The molecule has 0 atom stereocenters. The van der Waals surface area contributed by atoms with Gasteiger partial charge in [0.15, 0.2) is 0 Å². The summed E-state index contributed by atoms with van der Waals surface area (Å²) in [6, 6.07) is 2.93. The molecule has 0 radical (unpaired) electrons. The van der Waals surface area contributed by atoms with Crippen molar-refractivity contribution in [3.63, 3.8) is 0 Å². The first-order valence-corrected chi connectivity index (χ1v) is 6.62. The number of hydrogen-bond donors (Lipinski definition) is 1. The van der Waals surface area contributed by atoms with E-state index in [0.717, 1.165) is 35.2 Å². The van der Waals surface area contributed by atoms with Gasteiger partial charge in [0.05, 0.1) is 5.69 Å². The normalized spacial score (nSPS) is 10.7. The van der Waals surface area contributed by atoms with Crippen LogP contribution in [-0.4, -0.2) is 15.7 Å². The van der Waals surface area contributed by atoms with Gasteiger partial charge in [-0.1, -0.05) is 0 Å². The Bertz CT molecular complexity index is 660. The Morgan fingerprint density at radius 2 is 1.86 bits per heavy atom. The molecule has 1 heterocycles. The van der Waals surface area contributed by atoms with Crippen LogP contribution in [0.15, 0.2) is 18.2 Å². The van der Waals surface area contributed by atoms with Gasteiger partial charge in [-0.2, -0.15) is 5.10 Å². The largest absolute Gasteiger partial charge is 0.326 e. The lowest BCUT2D eigenvalue weighted by atomic mass is 10.1. The summed E-state index contributed by atoms with van der Waals surface area (Å²) in [5.41, 5.74) is 3.05. The molecule has 112 valence electrons. The van der Waals surface area contributed by atoms with Crippen LogP contribution in [0, 0.1) is 25.5 Å². The molecule has 0 saturated heterocycles. The van der Waals surface area contributed by atoms with Crippen LogP contribution in [0.25, 0.3) is 0 Å². The van der Waals surface area contributed by atoms with E-state index in [4.69, 9.17) is 0 Å². The van der Waals surface area contributed by atoms with E-state index in [9.17, 15) is 13.6 Å². The smallest absolute Gasteiger partial charge is 0.224 e. The first-order valence-electron chi connectivity index (χ1n) is 6.62. The lowest BCUT2D eigenvalue weighted by Gasteiger charge is -2.06. The number of amides is 1. The van der Waals surface area contributed by atoms with Gasteiger partial charge in [-0.05, 0) is 38.0 Å². The van der Waals surface area contributed by atoms with E-state index >= 15 is 0 Å². The molecule has 2 rings (SSSR count). The summed E-state index contributed by atoms with van der Waals surface area (Å²) in [5, 5.41) is 6.77. The van der Waals surface area contributed by atoms with E-state index in [2.05, 4.69) is 10.4 Å². The number of aryl methyl sites for hydroxylation is 2. The van der Waals surface area contributed by atoms with E-state index in [1.807, 2.05) is 20.9 Å².